The Morgan fingerprint density at radius 3 is 2.45 bits per heavy atom. The van der Waals surface area contributed by atoms with E-state index < -0.39 is 0 Å². The summed E-state index contributed by atoms with van der Waals surface area (Å²) in [5.74, 6) is 0.169. The van der Waals surface area contributed by atoms with Crippen LogP contribution in [0.4, 0.5) is 0 Å². The van der Waals surface area contributed by atoms with Gasteiger partial charge in [0, 0.05) is 18.4 Å². The number of ketones is 1. The SMILES string of the molecule is CCNC(=O)[C@H]1C[C@@H]1C(C)=O. The van der Waals surface area contributed by atoms with Crippen molar-refractivity contribution in [2.24, 2.45) is 11.8 Å². The number of rotatable bonds is 3. The lowest BCUT2D eigenvalue weighted by Crippen LogP contribution is -2.25. The predicted octanol–water partition coefficient (Wildman–Crippen LogP) is 0.348. The number of carbonyl (C=O) groups excluding carboxylic acids is 2. The number of hydrogen-bond donors (Lipinski definition) is 1. The summed E-state index contributed by atoms with van der Waals surface area (Å²) < 4.78 is 0. The van der Waals surface area contributed by atoms with Gasteiger partial charge in [-0.05, 0) is 20.3 Å². The first-order chi connectivity index (χ1) is 5.16. The van der Waals surface area contributed by atoms with Crippen LogP contribution in [0.1, 0.15) is 20.3 Å². The maximum Gasteiger partial charge on any atom is 0.223 e. The highest BCUT2D eigenvalue weighted by Crippen LogP contribution is 2.38. The Morgan fingerprint density at radius 2 is 2.09 bits per heavy atom. The first kappa shape index (κ1) is 8.24. The largest absolute Gasteiger partial charge is 0.356 e. The summed E-state index contributed by atoms with van der Waals surface area (Å²) in [5, 5.41) is 2.70. The van der Waals surface area contributed by atoms with Gasteiger partial charge in [-0.25, -0.2) is 0 Å². The van der Waals surface area contributed by atoms with Crippen molar-refractivity contribution in [1.29, 1.82) is 0 Å². The van der Waals surface area contributed by atoms with Crippen molar-refractivity contribution in [3.8, 4) is 0 Å². The first-order valence-corrected chi connectivity index (χ1v) is 3.95. The van der Waals surface area contributed by atoms with Crippen LogP contribution in [0.5, 0.6) is 0 Å². The lowest BCUT2D eigenvalue weighted by atomic mass is 10.2. The molecule has 0 aromatic heterocycles. The summed E-state index contributed by atoms with van der Waals surface area (Å²) >= 11 is 0. The van der Waals surface area contributed by atoms with E-state index in [9.17, 15) is 9.59 Å². The lowest BCUT2D eigenvalue weighted by Gasteiger charge is -1.98. The topological polar surface area (TPSA) is 46.2 Å². The molecule has 0 bridgehead atoms. The third-order valence-corrected chi connectivity index (χ3v) is 2.00. The predicted molar refractivity (Wildman–Crippen MR) is 41.0 cm³/mol. The van der Waals surface area contributed by atoms with Gasteiger partial charge in [-0.3, -0.25) is 9.59 Å². The monoisotopic (exact) mass is 155 g/mol. The Kier molecular flexibility index (Phi) is 2.27. The number of Topliss-reactive ketones (excluding diaryl/α,β-unsaturated/α-hetero) is 1. The molecular weight excluding hydrogens is 142 g/mol. The zero-order valence-corrected chi connectivity index (χ0v) is 6.89. The van der Waals surface area contributed by atoms with Gasteiger partial charge in [0.25, 0.3) is 0 Å². The summed E-state index contributed by atoms with van der Waals surface area (Å²) in [7, 11) is 0. The molecule has 0 heterocycles. The Labute approximate surface area is 66.2 Å². The van der Waals surface area contributed by atoms with Gasteiger partial charge in [0.05, 0.1) is 0 Å². The molecule has 62 valence electrons. The minimum atomic E-state index is -0.0209. The summed E-state index contributed by atoms with van der Waals surface area (Å²) in [5.41, 5.74) is 0. The van der Waals surface area contributed by atoms with Crippen molar-refractivity contribution in [2.75, 3.05) is 6.54 Å². The van der Waals surface area contributed by atoms with E-state index >= 15 is 0 Å². The molecule has 0 unspecified atom stereocenters. The van der Waals surface area contributed by atoms with E-state index in [-0.39, 0.29) is 23.5 Å². The molecule has 1 aliphatic carbocycles. The maximum absolute atomic E-state index is 11.1. The molecule has 1 saturated carbocycles. The van der Waals surface area contributed by atoms with Gasteiger partial charge in [0.2, 0.25) is 5.91 Å². The van der Waals surface area contributed by atoms with Gasteiger partial charge in [-0.15, -0.1) is 0 Å². The normalized spacial score (nSPS) is 27.8. The van der Waals surface area contributed by atoms with Crippen LogP contribution in [0.25, 0.3) is 0 Å². The van der Waals surface area contributed by atoms with Crippen molar-refractivity contribution in [1.82, 2.24) is 5.32 Å². The molecule has 0 saturated heterocycles. The average molecular weight is 155 g/mol. The van der Waals surface area contributed by atoms with Crippen molar-refractivity contribution in [2.45, 2.75) is 20.3 Å². The van der Waals surface area contributed by atoms with Crippen LogP contribution in [0, 0.1) is 11.8 Å². The highest BCUT2D eigenvalue weighted by Gasteiger charge is 2.45. The number of carbonyl (C=O) groups is 2. The molecule has 0 aromatic rings. The molecule has 3 nitrogen and oxygen atoms in total. The Bertz CT molecular complexity index is 189. The molecule has 0 radical (unpaired) electrons. The molecule has 0 aliphatic heterocycles. The van der Waals surface area contributed by atoms with Gasteiger partial charge in [-0.1, -0.05) is 0 Å². The van der Waals surface area contributed by atoms with Gasteiger partial charge in [-0.2, -0.15) is 0 Å². The van der Waals surface area contributed by atoms with Gasteiger partial charge in [0.1, 0.15) is 5.78 Å². The highest BCUT2D eigenvalue weighted by molar-refractivity contribution is 5.92. The van der Waals surface area contributed by atoms with Crippen LogP contribution in [-0.2, 0) is 9.59 Å². The molecule has 3 heteroatoms. The fourth-order valence-electron chi connectivity index (χ4n) is 1.24. The van der Waals surface area contributed by atoms with Crippen LogP contribution in [0.2, 0.25) is 0 Å². The molecule has 0 aromatic carbocycles. The maximum atomic E-state index is 11.1. The standard InChI is InChI=1S/C8H13NO2/c1-3-9-8(11)7-4-6(7)5(2)10/h6-7H,3-4H2,1-2H3,(H,9,11)/t6-,7+/m1/s1. The van der Waals surface area contributed by atoms with Crippen molar-refractivity contribution in [3.63, 3.8) is 0 Å². The van der Waals surface area contributed by atoms with Crippen LogP contribution in [0.15, 0.2) is 0 Å². The number of amides is 1. The van der Waals surface area contributed by atoms with Gasteiger partial charge < -0.3 is 5.32 Å². The fourth-order valence-corrected chi connectivity index (χ4v) is 1.24. The van der Waals surface area contributed by atoms with E-state index in [0.717, 1.165) is 6.42 Å². The van der Waals surface area contributed by atoms with E-state index in [2.05, 4.69) is 5.32 Å². The smallest absolute Gasteiger partial charge is 0.223 e. The number of nitrogens with one attached hydrogen (secondary N) is 1. The third-order valence-electron chi connectivity index (χ3n) is 2.00. The van der Waals surface area contributed by atoms with E-state index in [4.69, 9.17) is 0 Å². The molecule has 1 fully saturated rings. The van der Waals surface area contributed by atoms with E-state index in [1.54, 1.807) is 6.92 Å². The molecule has 1 rings (SSSR count). The van der Waals surface area contributed by atoms with Crippen LogP contribution in [0.3, 0.4) is 0 Å². The van der Waals surface area contributed by atoms with Gasteiger partial charge in [0.15, 0.2) is 0 Å². The fraction of sp³-hybridized carbons (Fsp3) is 0.750. The van der Waals surface area contributed by atoms with Gasteiger partial charge >= 0.3 is 0 Å². The van der Waals surface area contributed by atoms with Crippen LogP contribution >= 0.6 is 0 Å². The van der Waals surface area contributed by atoms with Crippen LogP contribution in [-0.4, -0.2) is 18.2 Å². The second-order valence-electron chi connectivity index (χ2n) is 2.95. The molecule has 1 aliphatic rings. The molecule has 11 heavy (non-hydrogen) atoms. The van der Waals surface area contributed by atoms with Crippen molar-refractivity contribution >= 4 is 11.7 Å². The van der Waals surface area contributed by atoms with E-state index in [1.807, 2.05) is 6.92 Å². The Balaban J connectivity index is 2.32. The summed E-state index contributed by atoms with van der Waals surface area (Å²) in [4.78, 5) is 21.8. The van der Waals surface area contributed by atoms with E-state index in [0.29, 0.717) is 6.54 Å². The Morgan fingerprint density at radius 1 is 1.45 bits per heavy atom. The second-order valence-corrected chi connectivity index (χ2v) is 2.95. The quantitative estimate of drug-likeness (QED) is 0.639. The van der Waals surface area contributed by atoms with Crippen molar-refractivity contribution in [3.05, 3.63) is 0 Å². The zero-order valence-electron chi connectivity index (χ0n) is 6.89. The molecule has 0 spiro atoms. The lowest BCUT2D eigenvalue weighted by molar-refractivity contribution is -0.125. The highest BCUT2D eigenvalue weighted by atomic mass is 16.2. The molecule has 1 N–H and O–H groups in total. The summed E-state index contributed by atoms with van der Waals surface area (Å²) in [6.07, 6.45) is 0.751. The zero-order chi connectivity index (χ0) is 8.43. The minimum Gasteiger partial charge on any atom is -0.356 e. The first-order valence-electron chi connectivity index (χ1n) is 3.95. The third kappa shape index (κ3) is 1.79. The molecule has 2 atom stereocenters. The van der Waals surface area contributed by atoms with E-state index in [1.165, 1.54) is 0 Å². The summed E-state index contributed by atoms with van der Waals surface area (Å²) in [6, 6.07) is 0. The Hall–Kier alpha value is -0.860. The number of hydrogen-bond acceptors (Lipinski definition) is 2. The van der Waals surface area contributed by atoms with Crippen molar-refractivity contribution < 1.29 is 9.59 Å². The molecular formula is C8H13NO2. The molecule has 1 amide bonds. The second kappa shape index (κ2) is 3.03. The summed E-state index contributed by atoms with van der Waals surface area (Å²) in [6.45, 7) is 4.08. The minimum absolute atomic E-state index is 0.0153. The average Bonchev–Trinajstić information content (AvgIpc) is 2.65. The van der Waals surface area contributed by atoms with Crippen LogP contribution < -0.4 is 5.32 Å².